The van der Waals surface area contributed by atoms with E-state index >= 15 is 0 Å². The van der Waals surface area contributed by atoms with Gasteiger partial charge in [-0.05, 0) is 119 Å². The van der Waals surface area contributed by atoms with Gasteiger partial charge < -0.3 is 28.9 Å². The first-order valence-corrected chi connectivity index (χ1v) is 23.9. The van der Waals surface area contributed by atoms with Gasteiger partial charge in [0.1, 0.15) is 18.1 Å². The van der Waals surface area contributed by atoms with Crippen molar-refractivity contribution < 1.29 is 33.2 Å². The van der Waals surface area contributed by atoms with Gasteiger partial charge in [-0.15, -0.1) is 0 Å². The van der Waals surface area contributed by atoms with Crippen LogP contribution < -0.4 is 20.6 Å². The maximum Gasteiger partial charge on any atom is 0.455 e. The number of hydrogen-bond acceptors (Lipinski definition) is 8. The summed E-state index contributed by atoms with van der Waals surface area (Å²) in [6, 6.07) is 42.0. The third kappa shape index (κ3) is 8.69. The molecule has 1 aromatic heterocycles. The number of fused-ring (bicyclic) bond motifs is 3. The number of furan rings is 1. The number of carbonyl (C=O) groups is 2. The summed E-state index contributed by atoms with van der Waals surface area (Å²) in [5, 5.41) is 26.5. The van der Waals surface area contributed by atoms with Gasteiger partial charge >= 0.3 is 7.12 Å². The Kier molecular flexibility index (Phi) is 13.0. The molecule has 1 aliphatic carbocycles. The molecule has 4 atom stereocenters. The van der Waals surface area contributed by atoms with Crippen molar-refractivity contribution in [3.05, 3.63) is 156 Å². The van der Waals surface area contributed by atoms with E-state index in [-0.39, 0.29) is 36.4 Å². The zero-order chi connectivity index (χ0) is 43.4. The van der Waals surface area contributed by atoms with Gasteiger partial charge in [-0.1, -0.05) is 119 Å². The molecule has 5 aromatic rings. The summed E-state index contributed by atoms with van der Waals surface area (Å²) in [5.41, 5.74) is 5.43. The first-order valence-electron chi connectivity index (χ1n) is 22.0. The number of nitrogens with one attached hydrogen (secondary N) is 1. The molecule has 320 valence electrons. The molecule has 0 radical (unpaired) electrons. The second-order valence-electron chi connectivity index (χ2n) is 17.9. The van der Waals surface area contributed by atoms with Gasteiger partial charge in [-0.3, -0.25) is 14.5 Å². The van der Waals surface area contributed by atoms with Gasteiger partial charge in [0, 0.05) is 11.4 Å². The van der Waals surface area contributed by atoms with Crippen LogP contribution >= 0.6 is 0 Å². The van der Waals surface area contributed by atoms with Gasteiger partial charge in [-0.25, -0.2) is 0 Å². The average Bonchev–Trinajstić information content (AvgIpc) is 3.84. The summed E-state index contributed by atoms with van der Waals surface area (Å²) in [6.07, 6.45) is 5.07. The molecule has 0 unspecified atom stereocenters. The second-order valence-corrected chi connectivity index (χ2v) is 22.2. The number of hydrogen-bond donors (Lipinski definition) is 3. The van der Waals surface area contributed by atoms with Gasteiger partial charge in [-0.2, -0.15) is 0 Å². The molecular weight excluding hydrogens is 791 g/mol. The van der Waals surface area contributed by atoms with E-state index < -0.39 is 39.3 Å². The summed E-state index contributed by atoms with van der Waals surface area (Å²) in [5.74, 6) is -0.965. The van der Waals surface area contributed by atoms with E-state index in [9.17, 15) is 19.7 Å². The predicted octanol–water partition coefficient (Wildman–Crippen LogP) is 9.06. The van der Waals surface area contributed by atoms with Gasteiger partial charge in [0.15, 0.2) is 0 Å². The molecule has 2 saturated heterocycles. The SMILES string of the molecule is CCC/C(=C\c1ccc(CO)o1)CC[C@H]1OB(O)C[C@H]2C1=C(CO[Si](c1ccccc1)(c1ccccc1)C(C)(C)C)C[C@H]1C(=O)N(c3ccc(Nc4ccccc4)cc3)C(=O)[C@H]12. The quantitative estimate of drug-likeness (QED) is 0.0543. The highest BCUT2D eigenvalue weighted by Crippen LogP contribution is 2.52. The molecule has 2 amide bonds. The monoisotopic (exact) mass is 848 g/mol. The van der Waals surface area contributed by atoms with E-state index in [2.05, 4.69) is 81.5 Å². The minimum Gasteiger partial charge on any atom is -0.459 e. The third-order valence-corrected chi connectivity index (χ3v) is 17.8. The highest BCUT2D eigenvalue weighted by Gasteiger charge is 2.58. The standard InChI is InChI=1S/C51H57BN2O7Si/c1-5-15-35(30-40-27-28-41(33-55)60-40)22-29-46-47-36(34-59-62(51(2,3)4,42-18-11-7-12-19-42)43-20-13-8-14-21-43)31-44-48(45(47)32-52(58)61-46)50(57)54(49(44)56)39-25-23-38(24-26-39)53-37-16-9-6-10-17-37/h6-14,16-21,23-28,30,44-46,48,53,55,58H,5,15,22,29,31-34H2,1-4H3/b35-30+/t44-,45+,46-,48-/m1/s1. The molecule has 2 aliphatic heterocycles. The fraction of sp³-hybridized carbons (Fsp3) is 0.333. The zero-order valence-corrected chi connectivity index (χ0v) is 37.1. The van der Waals surface area contributed by atoms with E-state index in [1.165, 1.54) is 4.90 Å². The Hall–Kier alpha value is -5.30. The smallest absolute Gasteiger partial charge is 0.455 e. The van der Waals surface area contributed by atoms with Crippen LogP contribution in [-0.4, -0.2) is 50.1 Å². The Labute approximate surface area is 366 Å². The number of nitrogens with zero attached hydrogens (tertiary/aromatic N) is 1. The van der Waals surface area contributed by atoms with E-state index in [0.29, 0.717) is 36.5 Å². The number of aliphatic hydroxyl groups is 1. The summed E-state index contributed by atoms with van der Waals surface area (Å²) < 4.78 is 19.9. The number of allylic oxidation sites excluding steroid dienone is 1. The molecule has 0 spiro atoms. The molecule has 3 N–H and O–H groups in total. The summed E-state index contributed by atoms with van der Waals surface area (Å²) >= 11 is 0. The number of aliphatic hydroxyl groups excluding tert-OH is 1. The molecule has 11 heteroatoms. The molecule has 8 rings (SSSR count). The van der Waals surface area contributed by atoms with Gasteiger partial charge in [0.05, 0.1) is 30.2 Å². The molecule has 2 fully saturated rings. The Bertz CT molecular complexity index is 2360. The Morgan fingerprint density at radius 1 is 0.839 bits per heavy atom. The highest BCUT2D eigenvalue weighted by atomic mass is 28.4. The lowest BCUT2D eigenvalue weighted by molar-refractivity contribution is -0.122. The maximum atomic E-state index is 14.8. The van der Waals surface area contributed by atoms with Crippen LogP contribution in [0.3, 0.4) is 0 Å². The molecule has 4 aromatic carbocycles. The minimum atomic E-state index is -3.01. The predicted molar refractivity (Wildman–Crippen MR) is 249 cm³/mol. The number of imide groups is 1. The fourth-order valence-corrected chi connectivity index (χ4v) is 14.7. The molecule has 62 heavy (non-hydrogen) atoms. The third-order valence-electron chi connectivity index (χ3n) is 12.9. The number of benzene rings is 4. The fourth-order valence-electron chi connectivity index (χ4n) is 10.2. The number of para-hydroxylation sites is 1. The lowest BCUT2D eigenvalue weighted by Gasteiger charge is -2.46. The molecular formula is C51H57BN2O7Si. The van der Waals surface area contributed by atoms with Crippen molar-refractivity contribution in [2.45, 2.75) is 83.9 Å². The van der Waals surface area contributed by atoms with E-state index in [1.54, 1.807) is 6.07 Å². The average molecular weight is 849 g/mol. The molecule has 9 nitrogen and oxygen atoms in total. The lowest BCUT2D eigenvalue weighted by atomic mass is 9.58. The van der Waals surface area contributed by atoms with Crippen LogP contribution in [0.1, 0.15) is 71.3 Å². The van der Waals surface area contributed by atoms with Crippen LogP contribution in [0.25, 0.3) is 6.08 Å². The van der Waals surface area contributed by atoms with Crippen molar-refractivity contribution >= 4 is 60.8 Å². The van der Waals surface area contributed by atoms with Gasteiger partial charge in [0.2, 0.25) is 11.8 Å². The topological polar surface area (TPSA) is 121 Å². The van der Waals surface area contributed by atoms with Crippen LogP contribution in [0.2, 0.25) is 11.4 Å². The number of amides is 2. The van der Waals surface area contributed by atoms with E-state index in [0.717, 1.165) is 51.3 Å². The van der Waals surface area contributed by atoms with E-state index in [4.69, 9.17) is 13.5 Å². The molecule has 0 bridgehead atoms. The number of anilines is 3. The lowest BCUT2D eigenvalue weighted by Crippen LogP contribution is -2.66. The Morgan fingerprint density at radius 2 is 1.47 bits per heavy atom. The van der Waals surface area contributed by atoms with E-state index in [1.807, 2.05) is 78.9 Å². The van der Waals surface area contributed by atoms with Crippen LogP contribution in [0, 0.1) is 17.8 Å². The van der Waals surface area contributed by atoms with Crippen molar-refractivity contribution in [3.8, 4) is 0 Å². The first kappa shape index (κ1) is 43.4. The Balaban J connectivity index is 1.17. The maximum absolute atomic E-state index is 14.8. The van der Waals surface area contributed by atoms with Crippen LogP contribution in [0.5, 0.6) is 0 Å². The minimum absolute atomic E-state index is 0.170. The Morgan fingerprint density at radius 3 is 2.06 bits per heavy atom. The number of carbonyl (C=O) groups excluding carboxylic acids is 2. The van der Waals surface area contributed by atoms with Crippen LogP contribution in [0.15, 0.2) is 149 Å². The second kappa shape index (κ2) is 18.6. The van der Waals surface area contributed by atoms with Crippen LogP contribution in [0.4, 0.5) is 17.1 Å². The number of rotatable bonds is 15. The zero-order valence-electron chi connectivity index (χ0n) is 36.1. The highest BCUT2D eigenvalue weighted by molar-refractivity contribution is 6.99. The largest absolute Gasteiger partial charge is 0.459 e. The van der Waals surface area contributed by atoms with Crippen molar-refractivity contribution in [2.75, 3.05) is 16.8 Å². The normalized spacial score (nSPS) is 20.7. The first-order chi connectivity index (χ1) is 30.0. The van der Waals surface area contributed by atoms with Crippen molar-refractivity contribution in [1.82, 2.24) is 0 Å². The van der Waals surface area contributed by atoms with Crippen LogP contribution in [-0.2, 0) is 25.3 Å². The molecule has 3 aliphatic rings. The van der Waals surface area contributed by atoms with Crippen molar-refractivity contribution in [2.24, 2.45) is 17.8 Å². The molecule has 0 saturated carbocycles. The summed E-state index contributed by atoms with van der Waals surface area (Å²) in [7, 11) is -4.12. The van der Waals surface area contributed by atoms with Crippen molar-refractivity contribution in [1.29, 1.82) is 0 Å². The van der Waals surface area contributed by atoms with Crippen molar-refractivity contribution in [3.63, 3.8) is 0 Å². The molecule has 3 heterocycles. The van der Waals surface area contributed by atoms with Gasteiger partial charge in [0.25, 0.3) is 8.32 Å². The summed E-state index contributed by atoms with van der Waals surface area (Å²) in [6.45, 7) is 8.98. The summed E-state index contributed by atoms with van der Waals surface area (Å²) in [4.78, 5) is 30.9.